The van der Waals surface area contributed by atoms with Gasteiger partial charge in [0.05, 0.1) is 22.2 Å². The quantitative estimate of drug-likeness (QED) is 0.577. The van der Waals surface area contributed by atoms with Gasteiger partial charge in [-0.15, -0.1) is 0 Å². The lowest BCUT2D eigenvalue weighted by atomic mass is 10.1. The number of nitrogens with two attached hydrogens (primary N) is 1. The highest BCUT2D eigenvalue weighted by molar-refractivity contribution is 6.13. The number of nitrogens with zero attached hydrogens (tertiary/aromatic N) is 2. The molecule has 1 aliphatic rings. The highest BCUT2D eigenvalue weighted by Gasteiger charge is 2.31. The van der Waals surface area contributed by atoms with Crippen molar-refractivity contribution in [3.05, 3.63) is 69.5 Å². The van der Waals surface area contributed by atoms with Gasteiger partial charge in [0.2, 0.25) is 5.78 Å². The molecule has 0 amide bonds. The van der Waals surface area contributed by atoms with Crippen LogP contribution in [0.3, 0.4) is 0 Å². The lowest BCUT2D eigenvalue weighted by Crippen LogP contribution is -2.23. The third-order valence-corrected chi connectivity index (χ3v) is 3.85. The van der Waals surface area contributed by atoms with Crippen molar-refractivity contribution in [2.45, 2.75) is 6.54 Å². The van der Waals surface area contributed by atoms with E-state index in [9.17, 15) is 14.0 Å². The van der Waals surface area contributed by atoms with Crippen LogP contribution in [0, 0.1) is 5.82 Å². The Hall–Kier alpha value is -2.86. The Bertz CT molecular complexity index is 1020. The number of hydrogen-bond acceptors (Lipinski definition) is 4. The summed E-state index contributed by atoms with van der Waals surface area (Å²) in [5, 5.41) is 0.388. The topological polar surface area (TPSA) is 78.0 Å². The molecule has 0 atom stereocenters. The van der Waals surface area contributed by atoms with Crippen molar-refractivity contribution in [1.82, 2.24) is 9.55 Å². The molecule has 0 bridgehead atoms. The zero-order chi connectivity index (χ0) is 15.4. The molecule has 6 heteroatoms. The van der Waals surface area contributed by atoms with Gasteiger partial charge in [-0.25, -0.2) is 9.37 Å². The molecule has 4 rings (SSSR count). The fourth-order valence-corrected chi connectivity index (χ4v) is 2.85. The number of hydrogen-bond donors (Lipinski definition) is 1. The van der Waals surface area contributed by atoms with Gasteiger partial charge in [0, 0.05) is 6.54 Å². The maximum atomic E-state index is 13.4. The molecule has 1 aliphatic heterocycles. The molecule has 5 nitrogen and oxygen atoms in total. The van der Waals surface area contributed by atoms with Crippen LogP contribution in [0.15, 0.2) is 41.2 Å². The fourth-order valence-electron chi connectivity index (χ4n) is 2.85. The van der Waals surface area contributed by atoms with Crippen LogP contribution < -0.4 is 11.3 Å². The van der Waals surface area contributed by atoms with Crippen LogP contribution in [-0.4, -0.2) is 15.3 Å². The molecular weight excluding hydrogens is 285 g/mol. The second-order valence-corrected chi connectivity index (χ2v) is 5.08. The number of rotatable bonds is 1. The van der Waals surface area contributed by atoms with E-state index in [2.05, 4.69) is 4.98 Å². The Kier molecular flexibility index (Phi) is 2.52. The zero-order valence-electron chi connectivity index (χ0n) is 11.3. The smallest absolute Gasteiger partial charge is 0.266 e. The van der Waals surface area contributed by atoms with E-state index < -0.39 is 11.6 Å². The van der Waals surface area contributed by atoms with E-state index in [0.717, 1.165) is 6.07 Å². The van der Waals surface area contributed by atoms with Crippen molar-refractivity contribution in [3.63, 3.8) is 0 Å². The van der Waals surface area contributed by atoms with Gasteiger partial charge in [0.15, 0.2) is 5.82 Å². The van der Waals surface area contributed by atoms with E-state index in [-0.39, 0.29) is 23.5 Å². The Morgan fingerprint density at radius 2 is 2.00 bits per heavy atom. The Balaban J connectivity index is 2.18. The molecule has 2 N–H and O–H groups in total. The van der Waals surface area contributed by atoms with E-state index in [1.54, 1.807) is 18.2 Å². The zero-order valence-corrected chi connectivity index (χ0v) is 11.3. The van der Waals surface area contributed by atoms with Crippen molar-refractivity contribution >= 4 is 16.7 Å². The predicted molar refractivity (Wildman–Crippen MR) is 78.6 cm³/mol. The summed E-state index contributed by atoms with van der Waals surface area (Å²) in [7, 11) is 0. The summed E-state index contributed by atoms with van der Waals surface area (Å²) in [5.74, 6) is -0.973. The number of fused-ring (bicyclic) bond motifs is 4. The van der Waals surface area contributed by atoms with Gasteiger partial charge in [0.25, 0.3) is 5.56 Å². The van der Waals surface area contributed by atoms with E-state index in [0.29, 0.717) is 22.2 Å². The van der Waals surface area contributed by atoms with Crippen LogP contribution in [0.4, 0.5) is 4.39 Å². The summed E-state index contributed by atoms with van der Waals surface area (Å²) in [4.78, 5) is 29.5. The average Bonchev–Trinajstić information content (AvgIpc) is 2.80. The SMILES string of the molecule is NCc1cccc2nc3n(c(=O)c12)-c1ccc(F)cc1C3=O. The molecule has 0 saturated heterocycles. The summed E-state index contributed by atoms with van der Waals surface area (Å²) < 4.78 is 14.6. The van der Waals surface area contributed by atoms with Gasteiger partial charge >= 0.3 is 0 Å². The van der Waals surface area contributed by atoms with Crippen molar-refractivity contribution in [2.75, 3.05) is 0 Å². The first-order chi connectivity index (χ1) is 10.6. The Labute approximate surface area is 123 Å². The molecule has 0 radical (unpaired) electrons. The van der Waals surface area contributed by atoms with Crippen molar-refractivity contribution in [1.29, 1.82) is 0 Å². The maximum Gasteiger partial charge on any atom is 0.266 e. The maximum absolute atomic E-state index is 13.4. The number of benzene rings is 2. The molecule has 0 saturated carbocycles. The van der Waals surface area contributed by atoms with E-state index in [1.165, 1.54) is 16.7 Å². The molecule has 22 heavy (non-hydrogen) atoms. The summed E-state index contributed by atoms with van der Waals surface area (Å²) in [6.07, 6.45) is 0. The van der Waals surface area contributed by atoms with Gasteiger partial charge in [-0.3, -0.25) is 14.2 Å². The van der Waals surface area contributed by atoms with Gasteiger partial charge < -0.3 is 5.73 Å². The van der Waals surface area contributed by atoms with Gasteiger partial charge in [0.1, 0.15) is 5.82 Å². The van der Waals surface area contributed by atoms with Crippen molar-refractivity contribution in [2.24, 2.45) is 5.73 Å². The normalized spacial score (nSPS) is 12.5. The van der Waals surface area contributed by atoms with Crippen LogP contribution in [0.2, 0.25) is 0 Å². The molecule has 0 spiro atoms. The number of halogens is 1. The van der Waals surface area contributed by atoms with E-state index >= 15 is 0 Å². The highest BCUT2D eigenvalue weighted by atomic mass is 19.1. The van der Waals surface area contributed by atoms with Crippen LogP contribution in [-0.2, 0) is 6.54 Å². The minimum atomic E-state index is -0.528. The second kappa shape index (κ2) is 4.32. The molecular formula is C16H10FN3O2. The largest absolute Gasteiger partial charge is 0.326 e. The summed E-state index contributed by atoms with van der Waals surface area (Å²) >= 11 is 0. The minimum absolute atomic E-state index is 0.00673. The number of carbonyl (C=O) groups excluding carboxylic acids is 1. The summed E-state index contributed by atoms with van der Waals surface area (Å²) in [6.45, 7) is 0.192. The highest BCUT2D eigenvalue weighted by Crippen LogP contribution is 2.27. The molecule has 0 unspecified atom stereocenters. The molecule has 2 aromatic carbocycles. The first kappa shape index (κ1) is 12.8. The average molecular weight is 295 g/mol. The van der Waals surface area contributed by atoms with Gasteiger partial charge in [-0.1, -0.05) is 12.1 Å². The van der Waals surface area contributed by atoms with Crippen molar-refractivity contribution < 1.29 is 9.18 Å². The monoisotopic (exact) mass is 295 g/mol. The second-order valence-electron chi connectivity index (χ2n) is 5.08. The first-order valence-corrected chi connectivity index (χ1v) is 6.71. The first-order valence-electron chi connectivity index (χ1n) is 6.71. The molecule has 0 fully saturated rings. The van der Waals surface area contributed by atoms with Crippen LogP contribution >= 0.6 is 0 Å². The van der Waals surface area contributed by atoms with Crippen LogP contribution in [0.1, 0.15) is 21.7 Å². The molecule has 0 aliphatic carbocycles. The molecule has 1 aromatic heterocycles. The number of aromatic nitrogens is 2. The number of ketones is 1. The van der Waals surface area contributed by atoms with E-state index in [4.69, 9.17) is 5.73 Å². The van der Waals surface area contributed by atoms with Gasteiger partial charge in [-0.2, -0.15) is 0 Å². The third-order valence-electron chi connectivity index (χ3n) is 3.85. The van der Waals surface area contributed by atoms with Crippen LogP contribution in [0.5, 0.6) is 0 Å². The molecule has 3 aromatic rings. The standard InChI is InChI=1S/C16H10FN3O2/c17-9-4-5-12-10(6-9)14(21)15-19-11-3-1-2-8(7-18)13(11)16(22)20(12)15/h1-6H,7,18H2. The predicted octanol–water partition coefficient (Wildman–Crippen LogP) is 1.53. The fraction of sp³-hybridized carbons (Fsp3) is 0.0625. The Morgan fingerprint density at radius 1 is 1.18 bits per heavy atom. The molecule has 108 valence electrons. The van der Waals surface area contributed by atoms with Crippen molar-refractivity contribution in [3.8, 4) is 5.69 Å². The van der Waals surface area contributed by atoms with Gasteiger partial charge in [-0.05, 0) is 29.8 Å². The molecule has 2 heterocycles. The minimum Gasteiger partial charge on any atom is -0.326 e. The lowest BCUT2D eigenvalue weighted by Gasteiger charge is -2.08. The third kappa shape index (κ3) is 1.52. The Morgan fingerprint density at radius 3 is 2.77 bits per heavy atom. The van der Waals surface area contributed by atoms with E-state index in [1.807, 2.05) is 0 Å². The lowest BCUT2D eigenvalue weighted by molar-refractivity contribution is 0.103. The summed E-state index contributed by atoms with van der Waals surface area (Å²) in [5.41, 5.74) is 6.90. The van der Waals surface area contributed by atoms with Crippen LogP contribution in [0.25, 0.3) is 16.6 Å². The summed E-state index contributed by atoms with van der Waals surface area (Å²) in [6, 6.07) is 8.90. The number of carbonyl (C=O) groups is 1.